The monoisotopic (exact) mass is 379 g/mol. The Morgan fingerprint density at radius 1 is 1.18 bits per heavy atom. The molecular formula is C21H22FN5O. The van der Waals surface area contributed by atoms with Crippen LogP contribution >= 0.6 is 0 Å². The number of rotatable bonds is 4. The van der Waals surface area contributed by atoms with Crippen LogP contribution in [0.5, 0.6) is 0 Å². The quantitative estimate of drug-likeness (QED) is 0.485. The molecule has 0 aromatic heterocycles. The van der Waals surface area contributed by atoms with Gasteiger partial charge >= 0.3 is 0 Å². The van der Waals surface area contributed by atoms with Gasteiger partial charge < -0.3 is 20.9 Å². The minimum Gasteiger partial charge on any atom is -0.397 e. The number of benzene rings is 2. The Balaban J connectivity index is 1.63. The fraction of sp³-hybridized carbons (Fsp3) is 0.238. The summed E-state index contributed by atoms with van der Waals surface area (Å²) in [5, 5.41) is 12.4. The van der Waals surface area contributed by atoms with Crippen molar-refractivity contribution in [3.05, 3.63) is 65.6 Å². The van der Waals surface area contributed by atoms with Crippen LogP contribution in [0.1, 0.15) is 5.56 Å². The number of hydrogen-bond acceptors (Lipinski definition) is 5. The van der Waals surface area contributed by atoms with Gasteiger partial charge in [-0.2, -0.15) is 5.26 Å². The number of nitrogens with one attached hydrogen (secondary N) is 1. The summed E-state index contributed by atoms with van der Waals surface area (Å²) >= 11 is 0. The molecule has 0 unspecified atom stereocenters. The Labute approximate surface area is 163 Å². The lowest BCUT2D eigenvalue weighted by molar-refractivity contribution is -0.127. The number of nitrogens with two attached hydrogens (primary N) is 1. The molecule has 28 heavy (non-hydrogen) atoms. The van der Waals surface area contributed by atoms with Gasteiger partial charge in [-0.3, -0.25) is 4.79 Å². The zero-order chi connectivity index (χ0) is 20.1. The van der Waals surface area contributed by atoms with Gasteiger partial charge in [-0.15, -0.1) is 0 Å². The Kier molecular flexibility index (Phi) is 5.80. The second-order valence-corrected chi connectivity index (χ2v) is 6.66. The second kappa shape index (κ2) is 8.44. The molecule has 144 valence electrons. The summed E-state index contributed by atoms with van der Waals surface area (Å²) in [6.07, 6.45) is 1.40. The number of anilines is 3. The summed E-state index contributed by atoms with van der Waals surface area (Å²) in [7, 11) is 0. The molecule has 0 bridgehead atoms. The maximum absolute atomic E-state index is 13.1. The Morgan fingerprint density at radius 2 is 1.86 bits per heavy atom. The Hall–Kier alpha value is -3.53. The van der Waals surface area contributed by atoms with Crippen LogP contribution in [0.3, 0.4) is 0 Å². The molecule has 2 aromatic rings. The van der Waals surface area contributed by atoms with E-state index in [1.807, 2.05) is 25.1 Å². The predicted octanol–water partition coefficient (Wildman–Crippen LogP) is 2.88. The number of carbonyl (C=O) groups is 1. The molecule has 0 aliphatic carbocycles. The highest BCUT2D eigenvalue weighted by molar-refractivity contribution is 5.97. The van der Waals surface area contributed by atoms with Gasteiger partial charge in [-0.1, -0.05) is 6.07 Å². The molecule has 1 aliphatic heterocycles. The third kappa shape index (κ3) is 4.41. The summed E-state index contributed by atoms with van der Waals surface area (Å²) in [4.78, 5) is 16.4. The topological polar surface area (TPSA) is 85.4 Å². The van der Waals surface area contributed by atoms with Crippen molar-refractivity contribution in [1.82, 2.24) is 4.90 Å². The van der Waals surface area contributed by atoms with E-state index < -0.39 is 0 Å². The maximum atomic E-state index is 13.1. The number of piperazine rings is 1. The molecule has 1 fully saturated rings. The first-order chi connectivity index (χ1) is 13.5. The lowest BCUT2D eigenvalue weighted by Crippen LogP contribution is -2.49. The fourth-order valence-corrected chi connectivity index (χ4v) is 3.08. The van der Waals surface area contributed by atoms with Crippen LogP contribution in [0, 0.1) is 24.1 Å². The van der Waals surface area contributed by atoms with E-state index in [0.717, 1.165) is 11.3 Å². The van der Waals surface area contributed by atoms with Gasteiger partial charge in [0.15, 0.2) is 0 Å². The molecule has 0 atom stereocenters. The summed E-state index contributed by atoms with van der Waals surface area (Å²) in [5.74, 6) is -0.594. The number of nitrogens with zero attached hydrogens (tertiary/aromatic N) is 3. The van der Waals surface area contributed by atoms with Crippen LogP contribution < -0.4 is 16.0 Å². The van der Waals surface area contributed by atoms with Crippen molar-refractivity contribution in [3.63, 3.8) is 0 Å². The van der Waals surface area contributed by atoms with Gasteiger partial charge in [0.2, 0.25) is 0 Å². The molecule has 6 nitrogen and oxygen atoms in total. The van der Waals surface area contributed by atoms with E-state index in [-0.39, 0.29) is 17.3 Å². The van der Waals surface area contributed by atoms with E-state index in [4.69, 9.17) is 5.73 Å². The number of aryl methyl sites for hydroxylation is 1. The average molecular weight is 379 g/mol. The molecule has 0 radical (unpaired) electrons. The van der Waals surface area contributed by atoms with Crippen LogP contribution in [0.2, 0.25) is 0 Å². The van der Waals surface area contributed by atoms with Crippen LogP contribution in [0.25, 0.3) is 0 Å². The highest BCUT2D eigenvalue weighted by atomic mass is 19.1. The van der Waals surface area contributed by atoms with Crippen LogP contribution in [-0.4, -0.2) is 37.0 Å². The molecule has 7 heteroatoms. The van der Waals surface area contributed by atoms with E-state index >= 15 is 0 Å². The third-order valence-electron chi connectivity index (χ3n) is 4.69. The van der Waals surface area contributed by atoms with Crippen LogP contribution in [0.4, 0.5) is 21.5 Å². The molecule has 0 spiro atoms. The predicted molar refractivity (Wildman–Crippen MR) is 108 cm³/mol. The lowest BCUT2D eigenvalue weighted by Gasteiger charge is -2.36. The minimum absolute atomic E-state index is 0.0242. The summed E-state index contributed by atoms with van der Waals surface area (Å²) in [6, 6.07) is 13.8. The molecule has 2 aromatic carbocycles. The van der Waals surface area contributed by atoms with Gasteiger partial charge in [0, 0.05) is 38.1 Å². The lowest BCUT2D eigenvalue weighted by atomic mass is 10.2. The zero-order valence-electron chi connectivity index (χ0n) is 15.7. The minimum atomic E-state index is -0.319. The van der Waals surface area contributed by atoms with Crippen molar-refractivity contribution in [1.29, 1.82) is 5.26 Å². The second-order valence-electron chi connectivity index (χ2n) is 6.66. The number of carbonyl (C=O) groups excluding carboxylic acids is 1. The van der Waals surface area contributed by atoms with E-state index in [0.29, 0.717) is 37.6 Å². The molecule has 3 rings (SSSR count). The molecule has 1 amide bonds. The Bertz CT molecular complexity index is 925. The van der Waals surface area contributed by atoms with Gasteiger partial charge in [0.05, 0.1) is 11.4 Å². The van der Waals surface area contributed by atoms with Crippen molar-refractivity contribution in [2.75, 3.05) is 42.1 Å². The van der Waals surface area contributed by atoms with Crippen molar-refractivity contribution in [3.8, 4) is 6.07 Å². The van der Waals surface area contributed by atoms with Crippen LogP contribution in [-0.2, 0) is 4.79 Å². The summed E-state index contributed by atoms with van der Waals surface area (Å²) in [5.41, 5.74) is 9.07. The first-order valence-corrected chi connectivity index (χ1v) is 9.00. The number of halogens is 1. The highest BCUT2D eigenvalue weighted by Gasteiger charge is 2.24. The summed E-state index contributed by atoms with van der Waals surface area (Å²) < 4.78 is 13.1. The molecule has 1 saturated heterocycles. The molecule has 0 saturated carbocycles. The smallest absolute Gasteiger partial charge is 0.266 e. The SMILES string of the molecule is Cc1ccc(N)c(N/C=C(/C#N)C(=O)N2CCN(c3ccc(F)cc3)CC2)c1. The van der Waals surface area contributed by atoms with Gasteiger partial charge in [-0.25, -0.2) is 4.39 Å². The third-order valence-corrected chi connectivity index (χ3v) is 4.69. The van der Waals surface area contributed by atoms with Gasteiger partial charge in [0.1, 0.15) is 17.5 Å². The van der Waals surface area contributed by atoms with Crippen molar-refractivity contribution in [2.45, 2.75) is 6.92 Å². The fourth-order valence-electron chi connectivity index (χ4n) is 3.08. The number of nitriles is 1. The van der Waals surface area contributed by atoms with Crippen LogP contribution in [0.15, 0.2) is 54.2 Å². The largest absolute Gasteiger partial charge is 0.397 e. The molecule has 1 heterocycles. The molecule has 3 N–H and O–H groups in total. The van der Waals surface area contributed by atoms with E-state index in [2.05, 4.69) is 10.2 Å². The maximum Gasteiger partial charge on any atom is 0.266 e. The summed E-state index contributed by atoms with van der Waals surface area (Å²) in [6.45, 7) is 4.15. The normalized spacial score (nSPS) is 14.5. The van der Waals surface area contributed by atoms with Gasteiger partial charge in [-0.05, 0) is 48.9 Å². The average Bonchev–Trinajstić information content (AvgIpc) is 2.71. The van der Waals surface area contributed by atoms with Crippen molar-refractivity contribution >= 4 is 23.0 Å². The molecule has 1 aliphatic rings. The van der Waals surface area contributed by atoms with Crippen molar-refractivity contribution in [2.24, 2.45) is 0 Å². The first kappa shape index (κ1) is 19.2. The highest BCUT2D eigenvalue weighted by Crippen LogP contribution is 2.21. The number of hydrogen-bond donors (Lipinski definition) is 2. The number of nitrogen functional groups attached to an aromatic ring is 1. The van der Waals surface area contributed by atoms with E-state index in [9.17, 15) is 14.4 Å². The molecular weight excluding hydrogens is 357 g/mol. The van der Waals surface area contributed by atoms with E-state index in [1.165, 1.54) is 18.3 Å². The number of amides is 1. The first-order valence-electron chi connectivity index (χ1n) is 9.00. The Morgan fingerprint density at radius 3 is 2.50 bits per heavy atom. The van der Waals surface area contributed by atoms with Crippen molar-refractivity contribution < 1.29 is 9.18 Å². The van der Waals surface area contributed by atoms with Gasteiger partial charge in [0.25, 0.3) is 5.91 Å². The standard InChI is InChI=1S/C21H22FN5O/c1-15-2-7-19(24)20(12-15)25-14-16(13-23)21(28)27-10-8-26(9-11-27)18-5-3-17(22)4-6-18/h2-7,12,14,25H,8-11,24H2,1H3/b16-14-. The van der Waals surface area contributed by atoms with E-state index in [1.54, 1.807) is 23.1 Å². The zero-order valence-corrected chi connectivity index (χ0v) is 15.7.